The van der Waals surface area contributed by atoms with Crippen LogP contribution >= 0.6 is 0 Å². The number of imidazole rings is 1. The number of hydrogen-bond acceptors (Lipinski definition) is 3. The molecule has 23 heavy (non-hydrogen) atoms. The molecular formula is C14H9F3N2O3S. The van der Waals surface area contributed by atoms with Gasteiger partial charge in [0, 0.05) is 5.56 Å². The molecule has 0 fully saturated rings. The predicted molar refractivity (Wildman–Crippen MR) is 76.3 cm³/mol. The van der Waals surface area contributed by atoms with Crippen LogP contribution in [0.2, 0.25) is 0 Å². The highest BCUT2D eigenvalue weighted by molar-refractivity contribution is 7.85. The van der Waals surface area contributed by atoms with Crippen LogP contribution in [0.3, 0.4) is 0 Å². The van der Waals surface area contributed by atoms with Crippen molar-refractivity contribution in [3.05, 3.63) is 48.0 Å². The third kappa shape index (κ3) is 2.80. The molecule has 0 aliphatic rings. The number of aromatic amines is 1. The Hall–Kier alpha value is -2.39. The van der Waals surface area contributed by atoms with Crippen LogP contribution in [0.1, 0.15) is 5.56 Å². The summed E-state index contributed by atoms with van der Waals surface area (Å²) in [6, 6.07) is 9.25. The minimum atomic E-state index is -4.59. The number of nitrogens with one attached hydrogen (secondary N) is 1. The molecule has 5 nitrogen and oxygen atoms in total. The number of benzene rings is 2. The zero-order valence-corrected chi connectivity index (χ0v) is 12.1. The van der Waals surface area contributed by atoms with Gasteiger partial charge in [0.15, 0.2) is 0 Å². The second-order valence-electron chi connectivity index (χ2n) is 4.76. The molecule has 9 heteroatoms. The molecule has 3 aromatic rings. The number of alkyl halides is 3. The van der Waals surface area contributed by atoms with Gasteiger partial charge >= 0.3 is 16.3 Å². The molecule has 0 unspecified atom stereocenters. The molecule has 2 aromatic carbocycles. The van der Waals surface area contributed by atoms with E-state index in [0.29, 0.717) is 0 Å². The Labute approximate surface area is 128 Å². The standard InChI is InChI=1S/C14H9F3N2O3S/c15-14(16,17)10-6-2-1-4-8(10)9-5-3-7-11-12(9)19-13(18-11)23(20,21)22/h1-7H,(H,18,19)(H,20,21,22). The van der Waals surface area contributed by atoms with E-state index in [2.05, 4.69) is 9.97 Å². The van der Waals surface area contributed by atoms with Gasteiger partial charge in [0.25, 0.3) is 5.16 Å². The lowest BCUT2D eigenvalue weighted by Crippen LogP contribution is -2.07. The highest BCUT2D eigenvalue weighted by atomic mass is 32.2. The number of aromatic nitrogens is 2. The van der Waals surface area contributed by atoms with Crippen molar-refractivity contribution in [1.29, 1.82) is 0 Å². The van der Waals surface area contributed by atoms with Gasteiger partial charge in [-0.25, -0.2) is 4.98 Å². The molecule has 3 rings (SSSR count). The van der Waals surface area contributed by atoms with E-state index in [-0.39, 0.29) is 22.2 Å². The number of para-hydroxylation sites is 1. The first-order valence-electron chi connectivity index (χ1n) is 6.31. The number of H-pyrrole nitrogens is 1. The highest BCUT2D eigenvalue weighted by Gasteiger charge is 2.34. The average Bonchev–Trinajstić information content (AvgIpc) is 2.90. The summed E-state index contributed by atoms with van der Waals surface area (Å²) < 4.78 is 70.8. The van der Waals surface area contributed by atoms with Crippen LogP contribution in [-0.2, 0) is 16.3 Å². The van der Waals surface area contributed by atoms with Crippen molar-refractivity contribution >= 4 is 21.2 Å². The third-order valence-electron chi connectivity index (χ3n) is 3.26. The molecule has 0 atom stereocenters. The van der Waals surface area contributed by atoms with Gasteiger partial charge in [-0.3, -0.25) is 4.55 Å². The monoisotopic (exact) mass is 342 g/mol. The maximum atomic E-state index is 13.2. The second kappa shape index (κ2) is 5.07. The van der Waals surface area contributed by atoms with Gasteiger partial charge < -0.3 is 4.98 Å². The van der Waals surface area contributed by atoms with Crippen molar-refractivity contribution in [2.45, 2.75) is 11.3 Å². The summed E-state index contributed by atoms with van der Waals surface area (Å²) in [7, 11) is -4.59. The highest BCUT2D eigenvalue weighted by Crippen LogP contribution is 2.38. The maximum Gasteiger partial charge on any atom is 0.417 e. The van der Waals surface area contributed by atoms with Crippen LogP contribution in [0.25, 0.3) is 22.2 Å². The van der Waals surface area contributed by atoms with Gasteiger partial charge in [0.05, 0.1) is 16.6 Å². The van der Waals surface area contributed by atoms with Crippen LogP contribution in [0.15, 0.2) is 47.6 Å². The lowest BCUT2D eigenvalue weighted by Gasteiger charge is -2.13. The van der Waals surface area contributed by atoms with E-state index in [0.717, 1.165) is 6.07 Å². The normalized spacial score (nSPS) is 12.7. The molecule has 1 aromatic heterocycles. The largest absolute Gasteiger partial charge is 0.417 e. The second-order valence-corrected chi connectivity index (χ2v) is 6.10. The molecule has 0 aliphatic heterocycles. The minimum absolute atomic E-state index is 0.0248. The molecule has 0 saturated carbocycles. The molecule has 0 bridgehead atoms. The topological polar surface area (TPSA) is 83.1 Å². The Morgan fingerprint density at radius 3 is 2.30 bits per heavy atom. The van der Waals surface area contributed by atoms with Gasteiger partial charge in [-0.15, -0.1) is 0 Å². The quantitative estimate of drug-likeness (QED) is 0.698. The lowest BCUT2D eigenvalue weighted by molar-refractivity contribution is -0.137. The van der Waals surface area contributed by atoms with Crippen molar-refractivity contribution in [2.24, 2.45) is 0 Å². The molecule has 0 amide bonds. The van der Waals surface area contributed by atoms with Crippen molar-refractivity contribution < 1.29 is 26.1 Å². The van der Waals surface area contributed by atoms with E-state index >= 15 is 0 Å². The smallest absolute Gasteiger partial charge is 0.327 e. The van der Waals surface area contributed by atoms with Gasteiger partial charge in [-0.05, 0) is 17.7 Å². The summed E-state index contributed by atoms with van der Waals surface area (Å²) in [6.45, 7) is 0. The van der Waals surface area contributed by atoms with E-state index < -0.39 is 27.0 Å². The molecule has 0 radical (unpaired) electrons. The molecular weight excluding hydrogens is 333 g/mol. The van der Waals surface area contributed by atoms with Gasteiger partial charge in [-0.1, -0.05) is 30.3 Å². The maximum absolute atomic E-state index is 13.2. The van der Waals surface area contributed by atoms with Crippen LogP contribution in [-0.4, -0.2) is 22.9 Å². The zero-order valence-electron chi connectivity index (χ0n) is 11.3. The van der Waals surface area contributed by atoms with Crippen LogP contribution in [0.4, 0.5) is 13.2 Å². The number of fused-ring (bicyclic) bond motifs is 1. The number of rotatable bonds is 2. The Balaban J connectivity index is 2.32. The molecule has 0 aliphatic carbocycles. The van der Waals surface area contributed by atoms with Crippen LogP contribution in [0.5, 0.6) is 0 Å². The van der Waals surface area contributed by atoms with Crippen LogP contribution < -0.4 is 0 Å². The Morgan fingerprint density at radius 1 is 1.00 bits per heavy atom. The van der Waals surface area contributed by atoms with E-state index in [4.69, 9.17) is 4.55 Å². The first-order valence-corrected chi connectivity index (χ1v) is 7.75. The van der Waals surface area contributed by atoms with Crippen molar-refractivity contribution in [3.63, 3.8) is 0 Å². The summed E-state index contributed by atoms with van der Waals surface area (Å²) in [5.74, 6) is 0. The van der Waals surface area contributed by atoms with Crippen molar-refractivity contribution in [1.82, 2.24) is 9.97 Å². The first-order chi connectivity index (χ1) is 10.7. The molecule has 2 N–H and O–H groups in total. The molecule has 0 saturated heterocycles. The predicted octanol–water partition coefficient (Wildman–Crippen LogP) is 3.50. The van der Waals surface area contributed by atoms with E-state index in [1.807, 2.05) is 0 Å². The molecule has 0 spiro atoms. The van der Waals surface area contributed by atoms with Crippen molar-refractivity contribution in [3.8, 4) is 11.1 Å². The molecule has 1 heterocycles. The fourth-order valence-electron chi connectivity index (χ4n) is 2.31. The summed E-state index contributed by atoms with van der Waals surface area (Å²) in [4.78, 5) is 6.10. The van der Waals surface area contributed by atoms with Crippen LogP contribution in [0, 0.1) is 0 Å². The third-order valence-corrected chi connectivity index (χ3v) is 3.94. The van der Waals surface area contributed by atoms with Gasteiger partial charge in [-0.2, -0.15) is 21.6 Å². The Morgan fingerprint density at radius 2 is 1.65 bits per heavy atom. The SMILES string of the molecule is O=S(=O)(O)c1nc2c(-c3ccccc3C(F)(F)F)cccc2[nH]1. The van der Waals surface area contributed by atoms with E-state index in [1.165, 1.54) is 36.4 Å². The summed E-state index contributed by atoms with van der Waals surface area (Å²) in [6.07, 6.45) is -4.57. The van der Waals surface area contributed by atoms with Crippen molar-refractivity contribution in [2.75, 3.05) is 0 Å². The van der Waals surface area contributed by atoms with E-state index in [9.17, 15) is 21.6 Å². The number of halogens is 3. The number of hydrogen-bond donors (Lipinski definition) is 2. The number of nitrogens with zero attached hydrogens (tertiary/aromatic N) is 1. The average molecular weight is 342 g/mol. The first kappa shape index (κ1) is 15.5. The summed E-state index contributed by atoms with van der Waals surface area (Å²) in [5, 5.41) is -0.718. The Bertz CT molecular complexity index is 994. The van der Waals surface area contributed by atoms with Gasteiger partial charge in [0.2, 0.25) is 0 Å². The summed E-state index contributed by atoms with van der Waals surface area (Å²) >= 11 is 0. The minimum Gasteiger partial charge on any atom is -0.327 e. The lowest BCUT2D eigenvalue weighted by atomic mass is 9.98. The fraction of sp³-hybridized carbons (Fsp3) is 0.0714. The van der Waals surface area contributed by atoms with E-state index in [1.54, 1.807) is 0 Å². The Kier molecular flexibility index (Phi) is 3.42. The zero-order chi connectivity index (χ0) is 16.8. The molecule has 120 valence electrons. The summed E-state index contributed by atoms with van der Waals surface area (Å²) in [5.41, 5.74) is -0.645. The van der Waals surface area contributed by atoms with Gasteiger partial charge in [0.1, 0.15) is 0 Å². The fourth-order valence-corrected chi connectivity index (χ4v) is 2.76.